The molecule has 0 aromatic heterocycles. The molecule has 0 saturated carbocycles. The standard InChI is InChI=1S/C16H19Br5O2/c1-7(2)16(5,8(3)4)15(22)23-6-9-10(17)12(19)14(21)13(20)11(9)18/h7-8H,6H2,1-5H3. The molecule has 0 spiro atoms. The van der Waals surface area contributed by atoms with E-state index >= 15 is 0 Å². The molecule has 130 valence electrons. The quantitative estimate of drug-likeness (QED) is 0.186. The summed E-state index contributed by atoms with van der Waals surface area (Å²) in [6.07, 6.45) is 0. The van der Waals surface area contributed by atoms with Gasteiger partial charge in [0.2, 0.25) is 0 Å². The minimum absolute atomic E-state index is 0.170. The van der Waals surface area contributed by atoms with Crippen molar-refractivity contribution in [3.05, 3.63) is 27.9 Å². The van der Waals surface area contributed by atoms with Crippen molar-refractivity contribution in [3.63, 3.8) is 0 Å². The first kappa shape index (κ1) is 22.1. The molecule has 0 amide bonds. The molecule has 0 fully saturated rings. The predicted octanol–water partition coefficient (Wildman–Crippen LogP) is 7.86. The van der Waals surface area contributed by atoms with Gasteiger partial charge in [0.1, 0.15) is 6.61 Å². The Bertz CT molecular complexity index is 574. The predicted molar refractivity (Wildman–Crippen MR) is 113 cm³/mol. The fourth-order valence-electron chi connectivity index (χ4n) is 2.21. The maximum Gasteiger partial charge on any atom is 0.312 e. The fourth-order valence-corrected chi connectivity index (χ4v) is 5.57. The monoisotopic (exact) mass is 638 g/mol. The Morgan fingerprint density at radius 3 is 1.57 bits per heavy atom. The number of hydrogen-bond acceptors (Lipinski definition) is 2. The molecule has 0 aliphatic heterocycles. The van der Waals surface area contributed by atoms with E-state index in [4.69, 9.17) is 4.74 Å². The number of hydrogen-bond donors (Lipinski definition) is 0. The van der Waals surface area contributed by atoms with E-state index in [1.165, 1.54) is 0 Å². The molecule has 0 N–H and O–H groups in total. The molecule has 7 heteroatoms. The molecule has 0 heterocycles. The van der Waals surface area contributed by atoms with Gasteiger partial charge in [-0.25, -0.2) is 0 Å². The Morgan fingerprint density at radius 1 is 0.870 bits per heavy atom. The molecule has 2 nitrogen and oxygen atoms in total. The smallest absolute Gasteiger partial charge is 0.312 e. The van der Waals surface area contributed by atoms with Crippen LogP contribution >= 0.6 is 79.6 Å². The van der Waals surface area contributed by atoms with Crippen LogP contribution in [0.2, 0.25) is 0 Å². The van der Waals surface area contributed by atoms with E-state index in [9.17, 15) is 4.79 Å². The van der Waals surface area contributed by atoms with Crippen LogP contribution in [0.25, 0.3) is 0 Å². The highest BCUT2D eigenvalue weighted by Crippen LogP contribution is 2.45. The lowest BCUT2D eigenvalue weighted by atomic mass is 9.70. The SMILES string of the molecule is CC(C)C(C)(C(=O)OCc1c(Br)c(Br)c(Br)c(Br)c1Br)C(C)C. The van der Waals surface area contributed by atoms with Crippen molar-refractivity contribution in [3.8, 4) is 0 Å². The van der Waals surface area contributed by atoms with E-state index in [2.05, 4.69) is 107 Å². The van der Waals surface area contributed by atoms with Crippen LogP contribution in [-0.4, -0.2) is 5.97 Å². The third-order valence-corrected chi connectivity index (χ3v) is 10.7. The van der Waals surface area contributed by atoms with Crippen molar-refractivity contribution in [2.75, 3.05) is 0 Å². The van der Waals surface area contributed by atoms with Crippen molar-refractivity contribution in [2.45, 2.75) is 41.2 Å². The van der Waals surface area contributed by atoms with Gasteiger partial charge in [-0.15, -0.1) is 0 Å². The maximum atomic E-state index is 12.7. The molecule has 0 aliphatic carbocycles. The lowest BCUT2D eigenvalue weighted by molar-refractivity contribution is -0.162. The van der Waals surface area contributed by atoms with Crippen LogP contribution in [-0.2, 0) is 16.1 Å². The summed E-state index contributed by atoms with van der Waals surface area (Å²) in [5.74, 6) is 0.229. The summed E-state index contributed by atoms with van der Waals surface area (Å²) in [4.78, 5) is 12.7. The van der Waals surface area contributed by atoms with Gasteiger partial charge in [-0.05, 0) is 98.4 Å². The normalized spacial score (nSPS) is 12.2. The van der Waals surface area contributed by atoms with Gasteiger partial charge < -0.3 is 4.74 Å². The molecular weight excluding hydrogens is 624 g/mol. The summed E-state index contributed by atoms with van der Waals surface area (Å²) in [5.41, 5.74) is 0.359. The fraction of sp³-hybridized carbons (Fsp3) is 0.562. The zero-order valence-corrected chi connectivity index (χ0v) is 21.5. The molecule has 0 aliphatic rings. The number of carbonyl (C=O) groups excluding carboxylic acids is 1. The molecule has 1 rings (SSSR count). The highest BCUT2D eigenvalue weighted by molar-refractivity contribution is 9.15. The number of carbonyl (C=O) groups is 1. The second-order valence-corrected chi connectivity index (χ2v) is 10.2. The van der Waals surface area contributed by atoms with Crippen LogP contribution in [0, 0.1) is 17.3 Å². The summed E-state index contributed by atoms with van der Waals surface area (Å²) in [6.45, 7) is 10.4. The minimum Gasteiger partial charge on any atom is -0.460 e. The van der Waals surface area contributed by atoms with Crippen molar-refractivity contribution < 1.29 is 9.53 Å². The van der Waals surface area contributed by atoms with Crippen LogP contribution in [0.15, 0.2) is 22.4 Å². The Kier molecular flexibility index (Phi) is 8.32. The number of benzene rings is 1. The molecule has 0 bridgehead atoms. The van der Waals surface area contributed by atoms with Gasteiger partial charge in [0.25, 0.3) is 0 Å². The first-order chi connectivity index (χ1) is 10.5. The zero-order valence-electron chi connectivity index (χ0n) is 13.6. The van der Waals surface area contributed by atoms with Crippen LogP contribution < -0.4 is 0 Å². The molecule has 0 atom stereocenters. The lowest BCUT2D eigenvalue weighted by Crippen LogP contribution is -2.39. The molecule has 1 aromatic carbocycles. The molecule has 0 unspecified atom stereocenters. The molecule has 1 aromatic rings. The maximum absolute atomic E-state index is 12.7. The summed E-state index contributed by atoms with van der Waals surface area (Å²) < 4.78 is 10.0. The van der Waals surface area contributed by atoms with Gasteiger partial charge in [0.15, 0.2) is 0 Å². The Hall–Kier alpha value is 1.09. The Balaban J connectivity index is 3.10. The van der Waals surface area contributed by atoms with E-state index in [1.54, 1.807) is 0 Å². The highest BCUT2D eigenvalue weighted by Gasteiger charge is 2.41. The molecular formula is C16H19Br5O2. The van der Waals surface area contributed by atoms with Crippen LogP contribution in [0.1, 0.15) is 40.2 Å². The number of ether oxygens (including phenoxy) is 1. The van der Waals surface area contributed by atoms with Crippen molar-refractivity contribution in [1.82, 2.24) is 0 Å². The van der Waals surface area contributed by atoms with Gasteiger partial charge in [0, 0.05) is 27.9 Å². The van der Waals surface area contributed by atoms with E-state index in [1.807, 2.05) is 6.92 Å². The van der Waals surface area contributed by atoms with Crippen LogP contribution in [0.5, 0.6) is 0 Å². The van der Waals surface area contributed by atoms with E-state index < -0.39 is 5.41 Å². The van der Waals surface area contributed by atoms with Gasteiger partial charge in [-0.2, -0.15) is 0 Å². The average molecular weight is 643 g/mol. The topological polar surface area (TPSA) is 26.3 Å². The van der Waals surface area contributed by atoms with Gasteiger partial charge in [0.05, 0.1) is 5.41 Å². The van der Waals surface area contributed by atoms with E-state index in [0.29, 0.717) is 0 Å². The lowest BCUT2D eigenvalue weighted by Gasteiger charge is -2.35. The average Bonchev–Trinajstić information content (AvgIpc) is 2.49. The number of esters is 1. The number of rotatable bonds is 5. The molecule has 0 saturated heterocycles. The summed E-state index contributed by atoms with van der Waals surface area (Å²) in [5, 5.41) is 0. The van der Waals surface area contributed by atoms with E-state index in [-0.39, 0.29) is 24.4 Å². The van der Waals surface area contributed by atoms with E-state index in [0.717, 1.165) is 27.9 Å². The van der Waals surface area contributed by atoms with Crippen molar-refractivity contribution in [2.24, 2.45) is 17.3 Å². The first-order valence-electron chi connectivity index (χ1n) is 7.13. The van der Waals surface area contributed by atoms with Crippen LogP contribution in [0.4, 0.5) is 0 Å². The molecule has 0 radical (unpaired) electrons. The second-order valence-electron chi connectivity index (χ2n) is 6.22. The Morgan fingerprint density at radius 2 is 1.22 bits per heavy atom. The minimum atomic E-state index is -0.511. The summed E-state index contributed by atoms with van der Waals surface area (Å²) in [7, 11) is 0. The van der Waals surface area contributed by atoms with Gasteiger partial charge in [-0.1, -0.05) is 27.7 Å². The second kappa shape index (κ2) is 8.65. The van der Waals surface area contributed by atoms with Crippen LogP contribution in [0.3, 0.4) is 0 Å². The third-order valence-electron chi connectivity index (χ3n) is 4.49. The highest BCUT2D eigenvalue weighted by atomic mass is 79.9. The van der Waals surface area contributed by atoms with Gasteiger partial charge >= 0.3 is 5.97 Å². The first-order valence-corrected chi connectivity index (χ1v) is 11.1. The molecule has 23 heavy (non-hydrogen) atoms. The zero-order chi connectivity index (χ0) is 18.1. The van der Waals surface area contributed by atoms with Gasteiger partial charge in [-0.3, -0.25) is 4.79 Å². The van der Waals surface area contributed by atoms with Crippen molar-refractivity contribution >= 4 is 85.6 Å². The third kappa shape index (κ3) is 4.44. The number of halogens is 5. The van der Waals surface area contributed by atoms with Crippen molar-refractivity contribution in [1.29, 1.82) is 0 Å². The summed E-state index contributed by atoms with van der Waals surface area (Å²) >= 11 is 17.7. The Labute approximate surface area is 180 Å². The largest absolute Gasteiger partial charge is 0.460 e. The summed E-state index contributed by atoms with van der Waals surface area (Å²) in [6, 6.07) is 0.